The smallest absolute Gasteiger partial charge is 0.270 e. The van der Waals surface area contributed by atoms with E-state index in [1.165, 1.54) is 23.5 Å². The van der Waals surface area contributed by atoms with Crippen LogP contribution in [0.4, 0.5) is 11.4 Å². The van der Waals surface area contributed by atoms with Gasteiger partial charge >= 0.3 is 0 Å². The largest absolute Gasteiger partial charge is 0.321 e. The van der Waals surface area contributed by atoms with E-state index in [1.807, 2.05) is 17.5 Å². The van der Waals surface area contributed by atoms with Crippen molar-refractivity contribution in [2.24, 2.45) is 0 Å². The third kappa shape index (κ3) is 2.02. The number of rotatable bonds is 2. The molecule has 1 aliphatic heterocycles. The molecule has 0 fully saturated rings. The van der Waals surface area contributed by atoms with Crippen molar-refractivity contribution in [3.8, 4) is 0 Å². The molecule has 1 aromatic carbocycles. The van der Waals surface area contributed by atoms with Crippen molar-refractivity contribution in [1.29, 1.82) is 0 Å². The van der Waals surface area contributed by atoms with Crippen LogP contribution in [-0.4, -0.2) is 10.8 Å². The molecular weight excluding hydrogens is 264 g/mol. The Hall–Kier alpha value is -2.47. The summed E-state index contributed by atoms with van der Waals surface area (Å²) in [5, 5.41) is 15.4. The number of fused-ring (bicyclic) bond motifs is 1. The summed E-state index contributed by atoms with van der Waals surface area (Å²) in [6.07, 6.45) is 1.75. The topological polar surface area (TPSA) is 72.2 Å². The molecule has 1 aliphatic rings. The van der Waals surface area contributed by atoms with Crippen LogP contribution in [0.25, 0.3) is 11.6 Å². The van der Waals surface area contributed by atoms with E-state index in [0.29, 0.717) is 16.8 Å². The standard InChI is InChI=1S/C13H8N2O3S/c16-13-11(7-9-2-1-5-19-9)10-6-8(15(17)18)3-4-12(10)14-13/h1-7H,(H,14,16)/b11-7-. The van der Waals surface area contributed by atoms with Gasteiger partial charge in [0, 0.05) is 28.3 Å². The minimum Gasteiger partial charge on any atom is -0.321 e. The second-order valence-corrected chi connectivity index (χ2v) is 4.99. The van der Waals surface area contributed by atoms with E-state index in [1.54, 1.807) is 12.1 Å². The molecule has 94 valence electrons. The van der Waals surface area contributed by atoms with Gasteiger partial charge in [-0.15, -0.1) is 11.3 Å². The molecule has 0 radical (unpaired) electrons. The fraction of sp³-hybridized carbons (Fsp3) is 0. The molecule has 6 heteroatoms. The Kier molecular flexibility index (Phi) is 2.64. The fourth-order valence-corrected chi connectivity index (χ4v) is 2.61. The Morgan fingerprint density at radius 3 is 2.84 bits per heavy atom. The number of thiophene rings is 1. The second kappa shape index (κ2) is 4.33. The van der Waals surface area contributed by atoms with Crippen LogP contribution in [0.2, 0.25) is 0 Å². The van der Waals surface area contributed by atoms with Crippen molar-refractivity contribution in [2.75, 3.05) is 5.32 Å². The number of benzene rings is 1. The van der Waals surface area contributed by atoms with Gasteiger partial charge in [-0.3, -0.25) is 14.9 Å². The Balaban J connectivity index is 2.12. The molecular formula is C13H8N2O3S. The van der Waals surface area contributed by atoms with E-state index in [2.05, 4.69) is 5.32 Å². The zero-order valence-corrected chi connectivity index (χ0v) is 10.4. The Labute approximate surface area is 112 Å². The number of hydrogen-bond acceptors (Lipinski definition) is 4. The Morgan fingerprint density at radius 2 is 2.16 bits per heavy atom. The average Bonchev–Trinajstić information content (AvgIpc) is 2.98. The van der Waals surface area contributed by atoms with E-state index in [0.717, 1.165) is 4.88 Å². The van der Waals surface area contributed by atoms with Gasteiger partial charge in [0.1, 0.15) is 0 Å². The lowest BCUT2D eigenvalue weighted by molar-refractivity contribution is -0.384. The first-order chi connectivity index (χ1) is 9.15. The number of carbonyl (C=O) groups is 1. The van der Waals surface area contributed by atoms with E-state index in [-0.39, 0.29) is 11.6 Å². The molecule has 0 atom stereocenters. The first kappa shape index (κ1) is 11.6. The monoisotopic (exact) mass is 272 g/mol. The number of non-ortho nitro benzene ring substituents is 1. The highest BCUT2D eigenvalue weighted by Crippen LogP contribution is 2.35. The van der Waals surface area contributed by atoms with Gasteiger partial charge in [0.25, 0.3) is 11.6 Å². The SMILES string of the molecule is O=C1Nc2ccc([N+](=O)[O-])cc2/C1=C/c1cccs1. The molecule has 19 heavy (non-hydrogen) atoms. The first-order valence-electron chi connectivity index (χ1n) is 5.50. The lowest BCUT2D eigenvalue weighted by atomic mass is 10.1. The summed E-state index contributed by atoms with van der Waals surface area (Å²) < 4.78 is 0. The second-order valence-electron chi connectivity index (χ2n) is 4.01. The highest BCUT2D eigenvalue weighted by molar-refractivity contribution is 7.11. The van der Waals surface area contributed by atoms with E-state index in [9.17, 15) is 14.9 Å². The van der Waals surface area contributed by atoms with Crippen molar-refractivity contribution < 1.29 is 9.72 Å². The van der Waals surface area contributed by atoms with Gasteiger partial charge in [-0.1, -0.05) is 6.07 Å². The molecule has 2 heterocycles. The molecule has 0 unspecified atom stereocenters. The summed E-state index contributed by atoms with van der Waals surface area (Å²) in [5.41, 5.74) is 1.62. The van der Waals surface area contributed by atoms with Crippen molar-refractivity contribution in [2.45, 2.75) is 0 Å². The lowest BCUT2D eigenvalue weighted by Crippen LogP contribution is -2.03. The van der Waals surface area contributed by atoms with Crippen LogP contribution in [0.5, 0.6) is 0 Å². The van der Waals surface area contributed by atoms with Gasteiger partial charge in [-0.25, -0.2) is 0 Å². The Bertz CT molecular complexity index is 705. The highest BCUT2D eigenvalue weighted by Gasteiger charge is 2.26. The summed E-state index contributed by atoms with van der Waals surface area (Å²) in [7, 11) is 0. The molecule has 0 aliphatic carbocycles. The van der Waals surface area contributed by atoms with Crippen molar-refractivity contribution >= 4 is 40.3 Å². The van der Waals surface area contributed by atoms with Crippen molar-refractivity contribution in [1.82, 2.24) is 0 Å². The van der Waals surface area contributed by atoms with Gasteiger partial charge in [0.05, 0.1) is 10.5 Å². The minimum atomic E-state index is -0.466. The van der Waals surface area contributed by atoms with Crippen LogP contribution < -0.4 is 5.32 Å². The maximum atomic E-state index is 11.9. The maximum Gasteiger partial charge on any atom is 0.270 e. The van der Waals surface area contributed by atoms with E-state index in [4.69, 9.17) is 0 Å². The quantitative estimate of drug-likeness (QED) is 0.518. The van der Waals surface area contributed by atoms with Gasteiger partial charge in [0.2, 0.25) is 0 Å². The van der Waals surface area contributed by atoms with E-state index < -0.39 is 4.92 Å². The molecule has 5 nitrogen and oxygen atoms in total. The van der Waals surface area contributed by atoms with Crippen LogP contribution in [0.15, 0.2) is 35.7 Å². The number of nitro benzene ring substituents is 1. The number of anilines is 1. The van der Waals surface area contributed by atoms with Crippen LogP contribution in [0.1, 0.15) is 10.4 Å². The van der Waals surface area contributed by atoms with Crippen molar-refractivity contribution in [3.63, 3.8) is 0 Å². The maximum absolute atomic E-state index is 11.9. The van der Waals surface area contributed by atoms with E-state index >= 15 is 0 Å². The van der Waals surface area contributed by atoms with Crippen LogP contribution in [0, 0.1) is 10.1 Å². The molecule has 1 N–H and O–H groups in total. The molecule has 1 aromatic heterocycles. The summed E-state index contributed by atoms with van der Waals surface area (Å²) >= 11 is 1.51. The highest BCUT2D eigenvalue weighted by atomic mass is 32.1. The minimum absolute atomic E-state index is 0.0210. The van der Waals surface area contributed by atoms with Crippen LogP contribution in [0.3, 0.4) is 0 Å². The summed E-state index contributed by atoms with van der Waals surface area (Å²) in [4.78, 5) is 23.2. The summed E-state index contributed by atoms with van der Waals surface area (Å²) in [6, 6.07) is 8.14. The first-order valence-corrected chi connectivity index (χ1v) is 6.38. The average molecular weight is 272 g/mol. The molecule has 0 spiro atoms. The zero-order valence-electron chi connectivity index (χ0n) is 9.62. The molecule has 0 saturated heterocycles. The van der Waals surface area contributed by atoms with Gasteiger partial charge in [0.15, 0.2) is 0 Å². The molecule has 2 aromatic rings. The molecule has 1 amide bonds. The fourth-order valence-electron chi connectivity index (χ4n) is 1.95. The number of amides is 1. The van der Waals surface area contributed by atoms with Gasteiger partial charge < -0.3 is 5.32 Å². The predicted octanol–water partition coefficient (Wildman–Crippen LogP) is 3.15. The predicted molar refractivity (Wildman–Crippen MR) is 73.9 cm³/mol. The van der Waals surface area contributed by atoms with Gasteiger partial charge in [-0.2, -0.15) is 0 Å². The van der Waals surface area contributed by atoms with Crippen LogP contribution >= 0.6 is 11.3 Å². The zero-order chi connectivity index (χ0) is 13.4. The lowest BCUT2D eigenvalue weighted by Gasteiger charge is -1.98. The third-order valence-electron chi connectivity index (χ3n) is 2.83. The number of nitrogens with zero attached hydrogens (tertiary/aromatic N) is 1. The summed E-state index contributed by atoms with van der Waals surface area (Å²) in [6.45, 7) is 0. The number of nitrogens with one attached hydrogen (secondary N) is 1. The number of hydrogen-bond donors (Lipinski definition) is 1. The molecule has 3 rings (SSSR count). The van der Waals surface area contributed by atoms with Gasteiger partial charge in [-0.05, 0) is 23.6 Å². The molecule has 0 saturated carbocycles. The van der Waals surface area contributed by atoms with Crippen LogP contribution in [-0.2, 0) is 4.79 Å². The third-order valence-corrected chi connectivity index (χ3v) is 3.65. The molecule has 0 bridgehead atoms. The number of nitro groups is 1. The normalized spacial score (nSPS) is 15.4. The Morgan fingerprint density at radius 1 is 1.32 bits per heavy atom. The summed E-state index contributed by atoms with van der Waals surface area (Å²) in [5.74, 6) is -0.233. The van der Waals surface area contributed by atoms with Crippen molar-refractivity contribution in [3.05, 3.63) is 56.3 Å². The number of carbonyl (C=O) groups excluding carboxylic acids is 1.